The minimum Gasteiger partial charge on any atom is -0.308 e. The van der Waals surface area contributed by atoms with Gasteiger partial charge in [0, 0.05) is 23.4 Å². The molecule has 0 atom stereocenters. The summed E-state index contributed by atoms with van der Waals surface area (Å²) in [5, 5.41) is 0. The summed E-state index contributed by atoms with van der Waals surface area (Å²) in [4.78, 5) is 13.9. The molecule has 1 saturated carbocycles. The van der Waals surface area contributed by atoms with Crippen LogP contribution in [0.2, 0.25) is 0 Å². The molecule has 1 heterocycles. The van der Waals surface area contributed by atoms with Gasteiger partial charge in [-0.25, -0.2) is 0 Å². The molecular weight excluding hydrogens is 186 g/mol. The van der Waals surface area contributed by atoms with Gasteiger partial charge in [0.1, 0.15) is 0 Å². The van der Waals surface area contributed by atoms with Crippen LogP contribution in [-0.2, 0) is 0 Å². The van der Waals surface area contributed by atoms with E-state index in [0.717, 1.165) is 23.4 Å². The summed E-state index contributed by atoms with van der Waals surface area (Å²) >= 11 is 0. The highest BCUT2D eigenvalue weighted by atomic mass is 16.2. The summed E-state index contributed by atoms with van der Waals surface area (Å²) in [6.45, 7) is 4.87. The number of nitrogens with zero attached hydrogens (tertiary/aromatic N) is 1. The molecule has 0 unspecified atom stereocenters. The highest BCUT2D eigenvalue weighted by Gasteiger charge is 2.34. The quantitative estimate of drug-likeness (QED) is 0.716. The van der Waals surface area contributed by atoms with Crippen molar-refractivity contribution in [3.8, 4) is 0 Å². The average molecular weight is 199 g/mol. The third-order valence-corrected chi connectivity index (χ3v) is 3.18. The molecule has 2 heteroatoms. The van der Waals surface area contributed by atoms with Crippen molar-refractivity contribution in [2.24, 2.45) is 5.92 Å². The lowest BCUT2D eigenvalue weighted by molar-refractivity contribution is 0.0846. The molecule has 1 amide bonds. The van der Waals surface area contributed by atoms with Crippen LogP contribution in [0, 0.1) is 5.92 Å². The number of rotatable bonds is 2. The van der Waals surface area contributed by atoms with Crippen LogP contribution in [0.25, 0.3) is 5.70 Å². The standard InChI is InChI=1S/C13H13NO/c1-9-11-4-2-3-5-12(11)13(15)14(9)8-10-6-7-10/h2-5,10H,1,6-8H2. The minimum absolute atomic E-state index is 0.127. The fourth-order valence-corrected chi connectivity index (χ4v) is 2.09. The van der Waals surface area contributed by atoms with Gasteiger partial charge in [-0.2, -0.15) is 0 Å². The Kier molecular flexibility index (Phi) is 1.72. The molecule has 0 spiro atoms. The normalized spacial score (nSPS) is 19.6. The van der Waals surface area contributed by atoms with Gasteiger partial charge in [0.05, 0.1) is 0 Å². The Morgan fingerprint density at radius 3 is 2.53 bits per heavy atom. The highest BCUT2D eigenvalue weighted by molar-refractivity contribution is 6.08. The summed E-state index contributed by atoms with van der Waals surface area (Å²) in [6, 6.07) is 7.72. The van der Waals surface area contributed by atoms with Crippen molar-refractivity contribution in [3.63, 3.8) is 0 Å². The monoisotopic (exact) mass is 199 g/mol. The Morgan fingerprint density at radius 2 is 1.93 bits per heavy atom. The molecule has 0 bridgehead atoms. The third-order valence-electron chi connectivity index (χ3n) is 3.18. The molecule has 1 aliphatic heterocycles. The van der Waals surface area contributed by atoms with E-state index in [1.807, 2.05) is 29.2 Å². The largest absolute Gasteiger partial charge is 0.308 e. The summed E-state index contributed by atoms with van der Waals surface area (Å²) in [5.41, 5.74) is 2.69. The summed E-state index contributed by atoms with van der Waals surface area (Å²) in [5.74, 6) is 0.836. The maximum absolute atomic E-state index is 12.0. The minimum atomic E-state index is 0.127. The van der Waals surface area contributed by atoms with Crippen LogP contribution in [0.4, 0.5) is 0 Å². The fraction of sp³-hybridized carbons (Fsp3) is 0.308. The molecule has 1 fully saturated rings. The molecule has 2 nitrogen and oxygen atoms in total. The van der Waals surface area contributed by atoms with Gasteiger partial charge in [-0.1, -0.05) is 24.8 Å². The predicted octanol–water partition coefficient (Wildman–Crippen LogP) is 2.52. The van der Waals surface area contributed by atoms with Gasteiger partial charge in [0.25, 0.3) is 5.91 Å². The van der Waals surface area contributed by atoms with Crippen molar-refractivity contribution in [3.05, 3.63) is 42.0 Å². The predicted molar refractivity (Wildman–Crippen MR) is 59.2 cm³/mol. The smallest absolute Gasteiger partial charge is 0.258 e. The van der Waals surface area contributed by atoms with Gasteiger partial charge in [0.2, 0.25) is 0 Å². The molecule has 0 N–H and O–H groups in total. The van der Waals surface area contributed by atoms with Crippen LogP contribution in [-0.4, -0.2) is 17.4 Å². The first-order valence-corrected chi connectivity index (χ1v) is 5.37. The Hall–Kier alpha value is -1.57. The van der Waals surface area contributed by atoms with Gasteiger partial charge in [0.15, 0.2) is 0 Å². The molecule has 0 saturated heterocycles. The third kappa shape index (κ3) is 1.29. The molecule has 76 valence electrons. The van der Waals surface area contributed by atoms with Crippen molar-refractivity contribution >= 4 is 11.6 Å². The lowest BCUT2D eigenvalue weighted by atomic mass is 10.1. The van der Waals surface area contributed by atoms with Crippen LogP contribution in [0.15, 0.2) is 30.8 Å². The van der Waals surface area contributed by atoms with Gasteiger partial charge in [-0.15, -0.1) is 0 Å². The molecule has 1 aromatic rings. The summed E-state index contributed by atoms with van der Waals surface area (Å²) in [7, 11) is 0. The van der Waals surface area contributed by atoms with E-state index in [1.165, 1.54) is 12.8 Å². The van der Waals surface area contributed by atoms with Crippen molar-refractivity contribution in [2.75, 3.05) is 6.54 Å². The number of hydrogen-bond donors (Lipinski definition) is 0. The van der Waals surface area contributed by atoms with Crippen molar-refractivity contribution in [1.29, 1.82) is 0 Å². The zero-order valence-electron chi connectivity index (χ0n) is 8.57. The van der Waals surface area contributed by atoms with E-state index < -0.39 is 0 Å². The van der Waals surface area contributed by atoms with E-state index in [2.05, 4.69) is 6.58 Å². The first kappa shape index (κ1) is 8.72. The number of hydrogen-bond acceptors (Lipinski definition) is 1. The Morgan fingerprint density at radius 1 is 1.27 bits per heavy atom. The van der Waals surface area contributed by atoms with Crippen molar-refractivity contribution in [1.82, 2.24) is 4.90 Å². The molecule has 15 heavy (non-hydrogen) atoms. The lowest BCUT2D eigenvalue weighted by Gasteiger charge is -2.16. The van der Waals surface area contributed by atoms with Crippen LogP contribution >= 0.6 is 0 Å². The Bertz CT molecular complexity index is 411. The second kappa shape index (κ2) is 2.96. The van der Waals surface area contributed by atoms with Gasteiger partial charge in [-0.3, -0.25) is 4.79 Å². The maximum Gasteiger partial charge on any atom is 0.258 e. The lowest BCUT2D eigenvalue weighted by Crippen LogP contribution is -2.25. The van der Waals surface area contributed by atoms with Crippen LogP contribution < -0.4 is 0 Å². The number of carbonyl (C=O) groups is 1. The Labute approximate surface area is 89.2 Å². The molecule has 0 aromatic heterocycles. The summed E-state index contributed by atoms with van der Waals surface area (Å²) in [6.07, 6.45) is 2.51. The van der Waals surface area contributed by atoms with Crippen LogP contribution in [0.1, 0.15) is 28.8 Å². The van der Waals surface area contributed by atoms with E-state index in [0.29, 0.717) is 5.92 Å². The second-order valence-electron chi connectivity index (χ2n) is 4.35. The number of amides is 1. The zero-order chi connectivity index (χ0) is 10.4. The van der Waals surface area contributed by atoms with Gasteiger partial charge in [-0.05, 0) is 24.8 Å². The van der Waals surface area contributed by atoms with E-state index in [4.69, 9.17) is 0 Å². The zero-order valence-corrected chi connectivity index (χ0v) is 8.57. The summed E-state index contributed by atoms with van der Waals surface area (Å²) < 4.78 is 0. The SMILES string of the molecule is C=C1c2ccccc2C(=O)N1CC1CC1. The first-order chi connectivity index (χ1) is 7.27. The average Bonchev–Trinajstić information content (AvgIpc) is 3.04. The first-order valence-electron chi connectivity index (χ1n) is 5.37. The van der Waals surface area contributed by atoms with Crippen molar-refractivity contribution < 1.29 is 4.79 Å². The number of carbonyl (C=O) groups excluding carboxylic acids is 1. The van der Waals surface area contributed by atoms with Crippen LogP contribution in [0.5, 0.6) is 0 Å². The van der Waals surface area contributed by atoms with Gasteiger partial charge >= 0.3 is 0 Å². The van der Waals surface area contributed by atoms with E-state index in [9.17, 15) is 4.79 Å². The number of fused-ring (bicyclic) bond motifs is 1. The Balaban J connectivity index is 1.96. The van der Waals surface area contributed by atoms with E-state index in [1.54, 1.807) is 0 Å². The van der Waals surface area contributed by atoms with E-state index >= 15 is 0 Å². The topological polar surface area (TPSA) is 20.3 Å². The molecule has 0 radical (unpaired) electrons. The fourth-order valence-electron chi connectivity index (χ4n) is 2.09. The molecule has 2 aliphatic rings. The molecule has 1 aliphatic carbocycles. The maximum atomic E-state index is 12.0. The molecule has 1 aromatic carbocycles. The highest BCUT2D eigenvalue weighted by Crippen LogP contribution is 2.37. The second-order valence-corrected chi connectivity index (χ2v) is 4.35. The molecular formula is C13H13NO. The van der Waals surface area contributed by atoms with E-state index in [-0.39, 0.29) is 5.91 Å². The number of benzene rings is 1. The van der Waals surface area contributed by atoms with Gasteiger partial charge < -0.3 is 4.90 Å². The molecule has 3 rings (SSSR count). The van der Waals surface area contributed by atoms with Crippen LogP contribution in [0.3, 0.4) is 0 Å². The van der Waals surface area contributed by atoms with Crippen molar-refractivity contribution in [2.45, 2.75) is 12.8 Å².